The van der Waals surface area contributed by atoms with Crippen molar-refractivity contribution in [2.45, 2.75) is 13.8 Å². The number of aryl methyl sites for hydroxylation is 2. The summed E-state index contributed by atoms with van der Waals surface area (Å²) in [6, 6.07) is 6.97. The average molecular weight is 249 g/mol. The van der Waals surface area contributed by atoms with E-state index in [0.29, 0.717) is 16.1 Å². The molecule has 17 heavy (non-hydrogen) atoms. The topological polar surface area (TPSA) is 34.9 Å². The van der Waals surface area contributed by atoms with Crippen molar-refractivity contribution in [3.8, 4) is 0 Å². The molecule has 4 heteroatoms. The molecule has 0 N–H and O–H groups in total. The molecule has 0 spiro atoms. The Kier molecular flexibility index (Phi) is 3.03. The lowest BCUT2D eigenvalue weighted by Gasteiger charge is -2.02. The number of rotatable bonds is 2. The largest absolute Gasteiger partial charge is 0.288 e. The summed E-state index contributed by atoms with van der Waals surface area (Å²) < 4.78 is 1.72. The van der Waals surface area contributed by atoms with Crippen LogP contribution in [0.1, 0.15) is 27.3 Å². The molecule has 0 saturated heterocycles. The van der Waals surface area contributed by atoms with Crippen LogP contribution in [-0.4, -0.2) is 15.6 Å². The van der Waals surface area contributed by atoms with Crippen LogP contribution in [0.5, 0.6) is 0 Å². The molecule has 2 aromatic rings. The molecule has 0 aliphatic heterocycles. The number of aromatic nitrogens is 2. The third-order valence-electron chi connectivity index (χ3n) is 2.82. The number of nitrogens with zero attached hydrogens (tertiary/aromatic N) is 2. The number of ketones is 1. The second-order valence-electron chi connectivity index (χ2n) is 4.01. The van der Waals surface area contributed by atoms with E-state index in [4.69, 9.17) is 11.6 Å². The number of hydrogen-bond donors (Lipinski definition) is 0. The molecule has 0 aliphatic carbocycles. The first-order chi connectivity index (χ1) is 8.00. The Morgan fingerprint density at radius 1 is 1.35 bits per heavy atom. The molecule has 0 saturated carbocycles. The quantitative estimate of drug-likeness (QED) is 0.766. The maximum atomic E-state index is 12.3. The van der Waals surface area contributed by atoms with Gasteiger partial charge in [0.2, 0.25) is 0 Å². The third kappa shape index (κ3) is 2.11. The molecular weight excluding hydrogens is 236 g/mol. The summed E-state index contributed by atoms with van der Waals surface area (Å²) in [6.45, 7) is 3.72. The molecule has 1 heterocycles. The van der Waals surface area contributed by atoms with Crippen LogP contribution in [0.4, 0.5) is 0 Å². The molecule has 88 valence electrons. The lowest BCUT2D eigenvalue weighted by molar-refractivity contribution is 0.103. The first-order valence-corrected chi connectivity index (χ1v) is 5.69. The van der Waals surface area contributed by atoms with Gasteiger partial charge in [0, 0.05) is 23.3 Å². The zero-order valence-corrected chi connectivity index (χ0v) is 10.7. The van der Waals surface area contributed by atoms with Crippen molar-refractivity contribution >= 4 is 17.4 Å². The van der Waals surface area contributed by atoms with Gasteiger partial charge < -0.3 is 0 Å². The van der Waals surface area contributed by atoms with Crippen LogP contribution in [0.3, 0.4) is 0 Å². The Hall–Kier alpha value is -1.61. The number of halogens is 1. The van der Waals surface area contributed by atoms with Gasteiger partial charge in [-0.05, 0) is 26.0 Å². The summed E-state index contributed by atoms with van der Waals surface area (Å²) in [5.41, 5.74) is 2.87. The number of carbonyl (C=O) groups is 1. The molecule has 3 nitrogen and oxygen atoms in total. The molecule has 2 rings (SSSR count). The zero-order valence-electron chi connectivity index (χ0n) is 9.99. The zero-order chi connectivity index (χ0) is 12.6. The van der Waals surface area contributed by atoms with Gasteiger partial charge in [-0.3, -0.25) is 9.48 Å². The highest BCUT2D eigenvalue weighted by atomic mass is 35.5. The summed E-state index contributed by atoms with van der Waals surface area (Å²) >= 11 is 5.89. The van der Waals surface area contributed by atoms with E-state index in [0.717, 1.165) is 11.4 Å². The van der Waals surface area contributed by atoms with Crippen molar-refractivity contribution in [2.75, 3.05) is 0 Å². The van der Waals surface area contributed by atoms with Gasteiger partial charge in [0.05, 0.1) is 11.3 Å². The van der Waals surface area contributed by atoms with Crippen LogP contribution in [0.2, 0.25) is 5.02 Å². The molecule has 0 aliphatic rings. The summed E-state index contributed by atoms with van der Waals surface area (Å²) in [6.07, 6.45) is 0. The Balaban J connectivity index is 2.51. The van der Waals surface area contributed by atoms with Crippen LogP contribution in [-0.2, 0) is 7.05 Å². The van der Waals surface area contributed by atoms with Crippen molar-refractivity contribution in [2.24, 2.45) is 7.05 Å². The fraction of sp³-hybridized carbons (Fsp3) is 0.231. The highest BCUT2D eigenvalue weighted by Crippen LogP contribution is 2.19. The maximum Gasteiger partial charge on any atom is 0.196 e. The molecule has 0 bridgehead atoms. The van der Waals surface area contributed by atoms with E-state index >= 15 is 0 Å². The molecular formula is C13H13ClN2O. The molecule has 1 aromatic heterocycles. The smallest absolute Gasteiger partial charge is 0.196 e. The van der Waals surface area contributed by atoms with Crippen molar-refractivity contribution in [3.63, 3.8) is 0 Å². The van der Waals surface area contributed by atoms with E-state index in [-0.39, 0.29) is 5.78 Å². The van der Waals surface area contributed by atoms with Gasteiger partial charge in [0.25, 0.3) is 0 Å². The second-order valence-corrected chi connectivity index (χ2v) is 4.45. The van der Waals surface area contributed by atoms with E-state index in [1.807, 2.05) is 20.9 Å². The van der Waals surface area contributed by atoms with E-state index in [1.54, 1.807) is 28.9 Å². The van der Waals surface area contributed by atoms with E-state index in [9.17, 15) is 4.79 Å². The van der Waals surface area contributed by atoms with Crippen LogP contribution < -0.4 is 0 Å². The fourth-order valence-corrected chi connectivity index (χ4v) is 2.07. The van der Waals surface area contributed by atoms with Crippen LogP contribution in [0, 0.1) is 13.8 Å². The Bertz CT molecular complexity index is 587. The van der Waals surface area contributed by atoms with Gasteiger partial charge in [-0.15, -0.1) is 0 Å². The van der Waals surface area contributed by atoms with Crippen LogP contribution in [0.25, 0.3) is 0 Å². The number of benzene rings is 1. The Labute approximate surface area is 105 Å². The highest BCUT2D eigenvalue weighted by Gasteiger charge is 2.18. The van der Waals surface area contributed by atoms with Gasteiger partial charge in [0.1, 0.15) is 0 Å². The van der Waals surface area contributed by atoms with E-state index < -0.39 is 0 Å². The summed E-state index contributed by atoms with van der Waals surface area (Å²) in [4.78, 5) is 12.3. The molecule has 0 fully saturated rings. The number of carbonyl (C=O) groups excluding carboxylic acids is 1. The minimum Gasteiger partial charge on any atom is -0.288 e. The first kappa shape index (κ1) is 11.9. The van der Waals surface area contributed by atoms with Gasteiger partial charge in [0.15, 0.2) is 5.78 Å². The minimum absolute atomic E-state index is 0.0319. The fourth-order valence-electron chi connectivity index (χ4n) is 1.88. The normalized spacial score (nSPS) is 10.6. The molecule has 0 amide bonds. The van der Waals surface area contributed by atoms with Gasteiger partial charge in [-0.25, -0.2) is 0 Å². The first-order valence-electron chi connectivity index (χ1n) is 5.31. The van der Waals surface area contributed by atoms with E-state index in [1.165, 1.54) is 0 Å². The second kappa shape index (κ2) is 4.34. The maximum absolute atomic E-state index is 12.3. The lowest BCUT2D eigenvalue weighted by Crippen LogP contribution is -2.04. The predicted octanol–water partition coefficient (Wildman–Crippen LogP) is 2.92. The van der Waals surface area contributed by atoms with Gasteiger partial charge >= 0.3 is 0 Å². The van der Waals surface area contributed by atoms with Crippen molar-refractivity contribution in [1.82, 2.24) is 9.78 Å². The third-order valence-corrected chi connectivity index (χ3v) is 3.06. The minimum atomic E-state index is -0.0319. The van der Waals surface area contributed by atoms with Crippen LogP contribution in [0.15, 0.2) is 24.3 Å². The van der Waals surface area contributed by atoms with Crippen molar-refractivity contribution < 1.29 is 4.79 Å². The van der Waals surface area contributed by atoms with Crippen LogP contribution >= 0.6 is 11.6 Å². The Morgan fingerprint density at radius 3 is 2.59 bits per heavy atom. The molecule has 1 aromatic carbocycles. The van der Waals surface area contributed by atoms with Crippen molar-refractivity contribution in [3.05, 3.63) is 51.8 Å². The highest BCUT2D eigenvalue weighted by molar-refractivity contribution is 6.31. The predicted molar refractivity (Wildman–Crippen MR) is 67.6 cm³/mol. The summed E-state index contributed by atoms with van der Waals surface area (Å²) in [7, 11) is 1.83. The monoisotopic (exact) mass is 248 g/mol. The summed E-state index contributed by atoms with van der Waals surface area (Å²) in [5, 5.41) is 4.81. The lowest BCUT2D eigenvalue weighted by atomic mass is 10.0. The Morgan fingerprint density at radius 2 is 2.06 bits per heavy atom. The van der Waals surface area contributed by atoms with Crippen molar-refractivity contribution in [1.29, 1.82) is 0 Å². The standard InChI is InChI=1S/C13H13ClN2O/c1-8-12(9(2)16(3)15-8)13(17)10-5-4-6-11(14)7-10/h4-7H,1-3H3. The van der Waals surface area contributed by atoms with Gasteiger partial charge in [-0.1, -0.05) is 23.7 Å². The van der Waals surface area contributed by atoms with Gasteiger partial charge in [-0.2, -0.15) is 5.10 Å². The number of hydrogen-bond acceptors (Lipinski definition) is 2. The summed E-state index contributed by atoms with van der Waals surface area (Å²) in [5.74, 6) is -0.0319. The molecule has 0 radical (unpaired) electrons. The molecule has 0 atom stereocenters. The van der Waals surface area contributed by atoms with E-state index in [2.05, 4.69) is 5.10 Å². The average Bonchev–Trinajstić information content (AvgIpc) is 2.52. The SMILES string of the molecule is Cc1nn(C)c(C)c1C(=O)c1cccc(Cl)c1. The molecule has 0 unspecified atom stereocenters.